The number of anilines is 1. The second kappa shape index (κ2) is 5.52. The van der Waals surface area contributed by atoms with E-state index in [9.17, 15) is 0 Å². The second-order valence-electron chi connectivity index (χ2n) is 4.31. The van der Waals surface area contributed by atoms with E-state index in [0.717, 1.165) is 27.1 Å². The summed E-state index contributed by atoms with van der Waals surface area (Å²) >= 11 is 7.53. The molecule has 1 heterocycles. The number of rotatable bonds is 4. The highest BCUT2D eigenvalue weighted by atomic mass is 35.5. The predicted octanol–water partition coefficient (Wildman–Crippen LogP) is 4.53. The summed E-state index contributed by atoms with van der Waals surface area (Å²) in [7, 11) is 0. The summed E-state index contributed by atoms with van der Waals surface area (Å²) < 4.78 is 0. The van der Waals surface area contributed by atoms with Crippen LogP contribution in [0.3, 0.4) is 0 Å². The number of hydrogen-bond acceptors (Lipinski definition) is 3. The molecule has 4 heteroatoms. The molecule has 0 spiro atoms. The van der Waals surface area contributed by atoms with Crippen LogP contribution in [0.4, 0.5) is 5.13 Å². The average Bonchev–Trinajstić information content (AvgIpc) is 2.76. The van der Waals surface area contributed by atoms with Gasteiger partial charge < -0.3 is 5.32 Å². The lowest BCUT2D eigenvalue weighted by atomic mass is 10.2. The van der Waals surface area contributed by atoms with Gasteiger partial charge in [0.05, 0.1) is 4.88 Å². The number of halogens is 1. The molecular weight excluding hydrogens is 252 g/mol. The van der Waals surface area contributed by atoms with Crippen LogP contribution < -0.4 is 5.32 Å². The first-order valence-corrected chi connectivity index (χ1v) is 6.80. The molecule has 17 heavy (non-hydrogen) atoms. The highest BCUT2D eigenvalue weighted by molar-refractivity contribution is 7.18. The maximum Gasteiger partial charge on any atom is 0.183 e. The molecule has 1 aromatic heterocycles. The van der Waals surface area contributed by atoms with Crippen LogP contribution in [0, 0.1) is 5.92 Å². The van der Waals surface area contributed by atoms with Gasteiger partial charge in [-0.1, -0.05) is 48.9 Å². The minimum absolute atomic E-state index is 0.623. The summed E-state index contributed by atoms with van der Waals surface area (Å²) in [5.74, 6) is 0.623. The molecule has 0 radical (unpaired) electrons. The molecule has 90 valence electrons. The Labute approximate surface area is 111 Å². The second-order valence-corrected chi connectivity index (χ2v) is 5.78. The van der Waals surface area contributed by atoms with Gasteiger partial charge in [0.1, 0.15) is 0 Å². The van der Waals surface area contributed by atoms with Gasteiger partial charge in [0.15, 0.2) is 5.13 Å². The molecule has 0 aliphatic heterocycles. The van der Waals surface area contributed by atoms with Crippen LogP contribution >= 0.6 is 22.9 Å². The van der Waals surface area contributed by atoms with Crippen LogP contribution in [0.5, 0.6) is 0 Å². The standard InChI is InChI=1S/C13H15ClN2S/c1-9(2)7-15-13-16-8-12(17-13)10-3-5-11(14)6-4-10/h3-6,8-9H,7H2,1-2H3,(H,15,16). The molecule has 0 bridgehead atoms. The van der Waals surface area contributed by atoms with E-state index in [0.29, 0.717) is 5.92 Å². The summed E-state index contributed by atoms with van der Waals surface area (Å²) in [6.45, 7) is 5.31. The molecule has 1 N–H and O–H groups in total. The van der Waals surface area contributed by atoms with Gasteiger partial charge >= 0.3 is 0 Å². The van der Waals surface area contributed by atoms with Crippen LogP contribution in [-0.4, -0.2) is 11.5 Å². The van der Waals surface area contributed by atoms with Crippen molar-refractivity contribution in [1.82, 2.24) is 4.98 Å². The van der Waals surface area contributed by atoms with Crippen LogP contribution in [-0.2, 0) is 0 Å². The van der Waals surface area contributed by atoms with Gasteiger partial charge in [-0.05, 0) is 23.6 Å². The summed E-state index contributed by atoms with van der Waals surface area (Å²) in [6, 6.07) is 7.83. The molecular formula is C13H15ClN2S. The normalized spacial score (nSPS) is 10.8. The largest absolute Gasteiger partial charge is 0.361 e. The van der Waals surface area contributed by atoms with E-state index >= 15 is 0 Å². The first-order valence-electron chi connectivity index (χ1n) is 5.61. The van der Waals surface area contributed by atoms with Crippen molar-refractivity contribution in [3.63, 3.8) is 0 Å². The third kappa shape index (κ3) is 3.45. The molecule has 0 fully saturated rings. The molecule has 0 aliphatic carbocycles. The fourth-order valence-corrected chi connectivity index (χ4v) is 2.35. The SMILES string of the molecule is CC(C)CNc1ncc(-c2ccc(Cl)cc2)s1. The van der Waals surface area contributed by atoms with Gasteiger partial charge in [-0.3, -0.25) is 0 Å². The number of nitrogens with one attached hydrogen (secondary N) is 1. The Balaban J connectivity index is 2.10. The lowest BCUT2D eigenvalue weighted by Gasteiger charge is -2.04. The Bertz CT molecular complexity index is 476. The fraction of sp³-hybridized carbons (Fsp3) is 0.308. The summed E-state index contributed by atoms with van der Waals surface area (Å²) in [5, 5.41) is 5.06. The van der Waals surface area contributed by atoms with Gasteiger partial charge in [0.2, 0.25) is 0 Å². The summed E-state index contributed by atoms with van der Waals surface area (Å²) in [5.41, 5.74) is 1.16. The van der Waals surface area contributed by atoms with Crippen molar-refractivity contribution >= 4 is 28.1 Å². The van der Waals surface area contributed by atoms with Crippen molar-refractivity contribution in [3.05, 3.63) is 35.5 Å². The van der Waals surface area contributed by atoms with Gasteiger partial charge in [-0.2, -0.15) is 0 Å². The van der Waals surface area contributed by atoms with Gasteiger partial charge in [0, 0.05) is 17.8 Å². The third-order valence-electron chi connectivity index (χ3n) is 2.30. The van der Waals surface area contributed by atoms with Crippen molar-refractivity contribution in [2.75, 3.05) is 11.9 Å². The number of hydrogen-bond donors (Lipinski definition) is 1. The van der Waals surface area contributed by atoms with Crippen LogP contribution in [0.2, 0.25) is 5.02 Å². The highest BCUT2D eigenvalue weighted by Gasteiger charge is 2.04. The van der Waals surface area contributed by atoms with Crippen molar-refractivity contribution in [1.29, 1.82) is 0 Å². The smallest absolute Gasteiger partial charge is 0.183 e. The van der Waals surface area contributed by atoms with E-state index in [-0.39, 0.29) is 0 Å². The Morgan fingerprint density at radius 1 is 1.29 bits per heavy atom. The van der Waals surface area contributed by atoms with Gasteiger partial charge in [0.25, 0.3) is 0 Å². The zero-order valence-electron chi connectivity index (χ0n) is 9.90. The zero-order chi connectivity index (χ0) is 12.3. The summed E-state index contributed by atoms with van der Waals surface area (Å²) in [6.07, 6.45) is 1.90. The molecule has 0 saturated heterocycles. The first-order chi connectivity index (χ1) is 8.15. The molecule has 2 aromatic rings. The van der Waals surface area contributed by atoms with Gasteiger partial charge in [-0.15, -0.1) is 0 Å². The molecule has 0 saturated carbocycles. The Morgan fingerprint density at radius 2 is 2.00 bits per heavy atom. The van der Waals surface area contributed by atoms with Crippen LogP contribution in [0.25, 0.3) is 10.4 Å². The van der Waals surface area contributed by atoms with E-state index in [1.807, 2.05) is 30.5 Å². The zero-order valence-corrected chi connectivity index (χ0v) is 11.5. The minimum atomic E-state index is 0.623. The van der Waals surface area contributed by atoms with E-state index in [1.54, 1.807) is 11.3 Å². The molecule has 0 aliphatic rings. The quantitative estimate of drug-likeness (QED) is 0.879. The lowest BCUT2D eigenvalue weighted by Crippen LogP contribution is -2.07. The molecule has 0 unspecified atom stereocenters. The third-order valence-corrected chi connectivity index (χ3v) is 3.55. The predicted molar refractivity (Wildman–Crippen MR) is 75.9 cm³/mol. The summed E-state index contributed by atoms with van der Waals surface area (Å²) in [4.78, 5) is 5.52. The monoisotopic (exact) mass is 266 g/mol. The lowest BCUT2D eigenvalue weighted by molar-refractivity contribution is 0.688. The number of thiazole rings is 1. The number of nitrogens with zero attached hydrogens (tertiary/aromatic N) is 1. The average molecular weight is 267 g/mol. The van der Waals surface area contributed by atoms with E-state index in [1.165, 1.54) is 0 Å². The molecule has 0 atom stereocenters. The highest BCUT2D eigenvalue weighted by Crippen LogP contribution is 2.29. The molecule has 2 rings (SSSR count). The molecule has 0 amide bonds. The van der Waals surface area contributed by atoms with Crippen molar-refractivity contribution in [2.45, 2.75) is 13.8 Å². The topological polar surface area (TPSA) is 24.9 Å². The van der Waals surface area contributed by atoms with Crippen molar-refractivity contribution < 1.29 is 0 Å². The van der Waals surface area contributed by atoms with E-state index < -0.39 is 0 Å². The number of aromatic nitrogens is 1. The molecule has 1 aromatic carbocycles. The Morgan fingerprint density at radius 3 is 2.65 bits per heavy atom. The minimum Gasteiger partial charge on any atom is -0.361 e. The Hall–Kier alpha value is -1.06. The Kier molecular flexibility index (Phi) is 4.02. The first kappa shape index (κ1) is 12.4. The maximum absolute atomic E-state index is 5.86. The fourth-order valence-electron chi connectivity index (χ4n) is 1.39. The van der Waals surface area contributed by atoms with Gasteiger partial charge in [-0.25, -0.2) is 4.98 Å². The van der Waals surface area contributed by atoms with Crippen LogP contribution in [0.1, 0.15) is 13.8 Å². The number of benzene rings is 1. The van der Waals surface area contributed by atoms with E-state index in [4.69, 9.17) is 11.6 Å². The van der Waals surface area contributed by atoms with Crippen molar-refractivity contribution in [3.8, 4) is 10.4 Å². The maximum atomic E-state index is 5.86. The van der Waals surface area contributed by atoms with Crippen LogP contribution in [0.15, 0.2) is 30.5 Å². The molecule has 2 nitrogen and oxygen atoms in total. The van der Waals surface area contributed by atoms with E-state index in [2.05, 4.69) is 24.1 Å². The van der Waals surface area contributed by atoms with Crippen molar-refractivity contribution in [2.24, 2.45) is 5.92 Å².